The molecule has 10 heteroatoms. The topological polar surface area (TPSA) is 63.0 Å². The van der Waals surface area contributed by atoms with Crippen molar-refractivity contribution in [1.82, 2.24) is 24.4 Å². The third kappa shape index (κ3) is 5.13. The molecule has 38 heavy (non-hydrogen) atoms. The Morgan fingerprint density at radius 3 is 2.32 bits per heavy atom. The number of fused-ring (bicyclic) bond motifs is 1. The smallest absolute Gasteiger partial charge is 0.300 e. The van der Waals surface area contributed by atoms with Crippen LogP contribution in [0.5, 0.6) is 5.75 Å². The number of aromatic nitrogens is 3. The Labute approximate surface area is 222 Å². The van der Waals surface area contributed by atoms with Gasteiger partial charge in [-0.3, -0.25) is 9.69 Å². The molecule has 3 heterocycles. The van der Waals surface area contributed by atoms with Gasteiger partial charge in [0.2, 0.25) is 0 Å². The van der Waals surface area contributed by atoms with E-state index in [1.54, 1.807) is 45.5 Å². The van der Waals surface area contributed by atoms with E-state index in [0.29, 0.717) is 30.1 Å². The second kappa shape index (κ2) is 10.4. The first-order valence-corrected chi connectivity index (χ1v) is 13.0. The van der Waals surface area contributed by atoms with Gasteiger partial charge in [-0.2, -0.15) is 13.9 Å². The van der Waals surface area contributed by atoms with Crippen LogP contribution in [-0.4, -0.2) is 63.6 Å². The molecule has 0 saturated carbocycles. The van der Waals surface area contributed by atoms with Crippen molar-refractivity contribution >= 4 is 20.8 Å². The van der Waals surface area contributed by atoms with Crippen LogP contribution in [0.3, 0.4) is 0 Å². The average molecular weight is 538 g/mol. The first kappa shape index (κ1) is 26.2. The summed E-state index contributed by atoms with van der Waals surface area (Å²) in [5.41, 5.74) is 1.47. The maximum atomic E-state index is 14.6. The maximum absolute atomic E-state index is 14.6. The molecule has 1 aliphatic heterocycles. The monoisotopic (exact) mass is 537 g/mol. The summed E-state index contributed by atoms with van der Waals surface area (Å²) in [4.78, 5) is 22.2. The summed E-state index contributed by atoms with van der Waals surface area (Å²) >= 11 is 0. The lowest BCUT2D eigenvalue weighted by molar-refractivity contribution is 0.0629. The van der Waals surface area contributed by atoms with Crippen LogP contribution in [0, 0.1) is 13.8 Å². The molecule has 1 atom stereocenters. The van der Waals surface area contributed by atoms with Gasteiger partial charge in [0.15, 0.2) is 5.65 Å². The zero-order chi connectivity index (χ0) is 27.0. The van der Waals surface area contributed by atoms with Crippen molar-refractivity contribution in [3.05, 3.63) is 82.7 Å². The summed E-state index contributed by atoms with van der Waals surface area (Å²) in [6.07, 6.45) is 1.34. The first-order chi connectivity index (χ1) is 18.2. The van der Waals surface area contributed by atoms with E-state index >= 15 is 0 Å². The number of methoxy groups -OCH3 is 1. The fourth-order valence-electron chi connectivity index (χ4n) is 4.86. The van der Waals surface area contributed by atoms with E-state index in [1.807, 2.05) is 0 Å². The highest BCUT2D eigenvalue weighted by Gasteiger charge is 2.32. The number of hydrogen-bond donors (Lipinski definition) is 0. The molecule has 2 aromatic carbocycles. The number of alkyl halides is 2. The number of ether oxygens (including phenoxy) is 1. The Bertz CT molecular complexity index is 1460. The molecule has 1 aliphatic rings. The molecular weight excluding hydrogens is 507 g/mol. The van der Waals surface area contributed by atoms with Crippen molar-refractivity contribution in [1.29, 1.82) is 0 Å². The van der Waals surface area contributed by atoms with E-state index < -0.39 is 5.66 Å². The van der Waals surface area contributed by atoms with Crippen molar-refractivity contribution in [3.8, 4) is 17.0 Å². The fourth-order valence-corrected chi connectivity index (χ4v) is 5.07. The molecule has 1 fully saturated rings. The fraction of sp³-hybridized carbons (Fsp3) is 0.321. The predicted octanol–water partition coefficient (Wildman–Crippen LogP) is 4.90. The third-order valence-electron chi connectivity index (χ3n) is 7.12. The summed E-state index contributed by atoms with van der Waals surface area (Å²) in [5.74, 6) is 0.382. The quantitative estimate of drug-likeness (QED) is 0.328. The average Bonchev–Trinajstić information content (AvgIpc) is 3.33. The molecule has 0 spiro atoms. The molecule has 0 N–H and O–H groups in total. The third-order valence-corrected chi connectivity index (χ3v) is 7.41. The normalized spacial score (nSPS) is 14.7. The standard InChI is InChI=1S/C28H30F2N5O2P/c1-18-5-4-6-19(2)23(18)17-33-11-13-34(14-12-33)27(36)22-16-31-35-25(28(29,30)38)15-24(32-26(22)35)20-7-9-21(37-3)10-8-20/h4-10,15-16H,11-14,17,38H2,1-3H3. The highest BCUT2D eigenvalue weighted by molar-refractivity contribution is 7.17. The summed E-state index contributed by atoms with van der Waals surface area (Å²) < 4.78 is 35.5. The minimum absolute atomic E-state index is 0.110. The molecule has 1 unspecified atom stereocenters. The predicted molar refractivity (Wildman–Crippen MR) is 146 cm³/mol. The Morgan fingerprint density at radius 2 is 1.71 bits per heavy atom. The number of aryl methyl sites for hydroxylation is 2. The SMILES string of the molecule is COc1ccc(-c2cc(C(F)(F)P)n3ncc(C(=O)N4CCN(Cc5c(C)cccc5C)CC4)c3n2)cc1. The molecule has 198 valence electrons. The van der Waals surface area contributed by atoms with Gasteiger partial charge in [-0.25, -0.2) is 9.50 Å². The van der Waals surface area contributed by atoms with E-state index in [-0.39, 0.29) is 22.8 Å². The summed E-state index contributed by atoms with van der Waals surface area (Å²) in [6, 6.07) is 14.6. The number of carbonyl (C=O) groups is 1. The number of halogens is 2. The lowest BCUT2D eigenvalue weighted by Gasteiger charge is -2.35. The summed E-state index contributed by atoms with van der Waals surface area (Å²) in [6.45, 7) is 7.57. The number of piperazine rings is 1. The molecule has 0 aliphatic carbocycles. The second-order valence-electron chi connectivity index (χ2n) is 9.61. The molecule has 0 radical (unpaired) electrons. The lowest BCUT2D eigenvalue weighted by Crippen LogP contribution is -2.48. The van der Waals surface area contributed by atoms with Crippen molar-refractivity contribution in [2.45, 2.75) is 26.1 Å². The van der Waals surface area contributed by atoms with Crippen LogP contribution in [0.25, 0.3) is 16.9 Å². The molecule has 7 nitrogen and oxygen atoms in total. The van der Waals surface area contributed by atoms with Gasteiger partial charge in [-0.1, -0.05) is 27.4 Å². The van der Waals surface area contributed by atoms with Gasteiger partial charge in [-0.05, 0) is 60.9 Å². The Morgan fingerprint density at radius 1 is 1.05 bits per heavy atom. The van der Waals surface area contributed by atoms with Crippen LogP contribution < -0.4 is 4.74 Å². The second-order valence-corrected chi connectivity index (χ2v) is 10.3. The number of carbonyl (C=O) groups excluding carboxylic acids is 1. The number of nitrogens with zero attached hydrogens (tertiary/aromatic N) is 5. The molecule has 5 rings (SSSR count). The molecule has 0 bridgehead atoms. The van der Waals surface area contributed by atoms with Crippen molar-refractivity contribution < 1.29 is 18.3 Å². The Kier molecular flexibility index (Phi) is 7.16. The highest BCUT2D eigenvalue weighted by Crippen LogP contribution is 2.37. The highest BCUT2D eigenvalue weighted by atomic mass is 31.0. The van der Waals surface area contributed by atoms with Gasteiger partial charge in [-0.15, -0.1) is 0 Å². The van der Waals surface area contributed by atoms with Crippen molar-refractivity contribution in [2.75, 3.05) is 33.3 Å². The van der Waals surface area contributed by atoms with Gasteiger partial charge in [0.1, 0.15) is 17.0 Å². The van der Waals surface area contributed by atoms with E-state index in [9.17, 15) is 13.6 Å². The van der Waals surface area contributed by atoms with Gasteiger partial charge in [0.25, 0.3) is 11.6 Å². The zero-order valence-electron chi connectivity index (χ0n) is 21.6. The van der Waals surface area contributed by atoms with Gasteiger partial charge in [0, 0.05) is 38.3 Å². The van der Waals surface area contributed by atoms with E-state index in [1.165, 1.54) is 29.0 Å². The van der Waals surface area contributed by atoms with Crippen molar-refractivity contribution in [3.63, 3.8) is 0 Å². The number of benzene rings is 2. The van der Waals surface area contributed by atoms with Crippen LogP contribution in [0.2, 0.25) is 0 Å². The van der Waals surface area contributed by atoms with Crippen LogP contribution in [-0.2, 0) is 12.2 Å². The van der Waals surface area contributed by atoms with Gasteiger partial charge in [0.05, 0.1) is 19.0 Å². The summed E-state index contributed by atoms with van der Waals surface area (Å²) in [5, 5.41) is 4.14. The van der Waals surface area contributed by atoms with Gasteiger partial charge < -0.3 is 9.64 Å². The molecule has 1 amide bonds. The van der Waals surface area contributed by atoms with Gasteiger partial charge >= 0.3 is 0 Å². The van der Waals surface area contributed by atoms with E-state index in [4.69, 9.17) is 4.74 Å². The molecule has 2 aromatic heterocycles. The zero-order valence-corrected chi connectivity index (χ0v) is 22.8. The van der Waals surface area contributed by atoms with Crippen LogP contribution in [0.1, 0.15) is 32.7 Å². The van der Waals surface area contributed by atoms with Crippen LogP contribution >= 0.6 is 9.24 Å². The van der Waals surface area contributed by atoms with E-state index in [0.717, 1.165) is 24.1 Å². The maximum Gasteiger partial charge on any atom is 0.300 e. The first-order valence-electron chi connectivity index (χ1n) is 12.4. The largest absolute Gasteiger partial charge is 0.497 e. The lowest BCUT2D eigenvalue weighted by atomic mass is 10.0. The minimum atomic E-state index is -3.27. The Balaban J connectivity index is 1.41. The number of amides is 1. The number of hydrogen-bond acceptors (Lipinski definition) is 5. The van der Waals surface area contributed by atoms with Crippen molar-refractivity contribution in [2.24, 2.45) is 0 Å². The Hall–Kier alpha value is -3.42. The molecular formula is C28H30F2N5O2P. The number of rotatable bonds is 6. The minimum Gasteiger partial charge on any atom is -0.497 e. The van der Waals surface area contributed by atoms with E-state index in [2.05, 4.69) is 47.0 Å². The molecule has 4 aromatic rings. The van der Waals surface area contributed by atoms with Crippen LogP contribution in [0.15, 0.2) is 54.7 Å². The molecule has 1 saturated heterocycles. The summed E-state index contributed by atoms with van der Waals surface area (Å²) in [7, 11) is 3.10. The van der Waals surface area contributed by atoms with Crippen LogP contribution in [0.4, 0.5) is 8.78 Å².